The van der Waals surface area contributed by atoms with Gasteiger partial charge < -0.3 is 9.64 Å². The van der Waals surface area contributed by atoms with Gasteiger partial charge in [-0.25, -0.2) is 0 Å². The average Bonchev–Trinajstić information content (AvgIpc) is 2.61. The molecule has 0 aliphatic heterocycles. The second-order valence-corrected chi connectivity index (χ2v) is 6.62. The van der Waals surface area contributed by atoms with Gasteiger partial charge in [-0.3, -0.25) is 9.59 Å². The minimum absolute atomic E-state index is 0.0674. The summed E-state index contributed by atoms with van der Waals surface area (Å²) in [5, 5.41) is 0. The number of nitrogens with zero attached hydrogens (tertiary/aromatic N) is 1. The molecule has 0 unspecified atom stereocenters. The Labute approximate surface area is 158 Å². The van der Waals surface area contributed by atoms with E-state index in [1.165, 1.54) is 17.0 Å². The Morgan fingerprint density at radius 2 is 1.65 bits per heavy atom. The van der Waals surface area contributed by atoms with Crippen molar-refractivity contribution in [2.75, 3.05) is 7.05 Å². The fourth-order valence-corrected chi connectivity index (χ4v) is 2.59. The van der Waals surface area contributed by atoms with E-state index in [2.05, 4.69) is 20.7 Å². The molecule has 0 N–H and O–H groups in total. The topological polar surface area (TPSA) is 46.6 Å². The summed E-state index contributed by atoms with van der Waals surface area (Å²) in [6.45, 7) is -2.55. The maximum absolute atomic E-state index is 12.2. The third-order valence-electron chi connectivity index (χ3n) is 3.73. The summed E-state index contributed by atoms with van der Waals surface area (Å²) in [7, 11) is 1.63. The zero-order chi connectivity index (χ0) is 19.1. The SMILES string of the molecule is CN(Cc1ccc(OC(F)F)cc1)C(=O)CCC(=O)c1ccc(Br)cc1. The van der Waals surface area contributed by atoms with Crippen LogP contribution in [0.5, 0.6) is 5.75 Å². The Morgan fingerprint density at radius 1 is 1.04 bits per heavy atom. The van der Waals surface area contributed by atoms with Crippen LogP contribution in [-0.4, -0.2) is 30.2 Å². The normalized spacial score (nSPS) is 10.7. The molecule has 2 aromatic carbocycles. The number of benzene rings is 2. The summed E-state index contributed by atoms with van der Waals surface area (Å²) in [5.74, 6) is -0.186. The van der Waals surface area contributed by atoms with Crippen LogP contribution in [0.2, 0.25) is 0 Å². The van der Waals surface area contributed by atoms with Crippen molar-refractivity contribution >= 4 is 27.6 Å². The molecule has 0 spiro atoms. The number of rotatable bonds is 8. The minimum Gasteiger partial charge on any atom is -0.435 e. The molecule has 0 radical (unpaired) electrons. The van der Waals surface area contributed by atoms with Crippen LogP contribution in [0, 0.1) is 0 Å². The number of halogens is 3. The maximum Gasteiger partial charge on any atom is 0.387 e. The minimum atomic E-state index is -2.87. The Hall–Kier alpha value is -2.28. The molecule has 26 heavy (non-hydrogen) atoms. The molecular weight excluding hydrogens is 408 g/mol. The number of hydrogen-bond donors (Lipinski definition) is 0. The highest BCUT2D eigenvalue weighted by atomic mass is 79.9. The first kappa shape index (κ1) is 20.0. The summed E-state index contributed by atoms with van der Waals surface area (Å²) >= 11 is 3.31. The molecule has 1 amide bonds. The Balaban J connectivity index is 1.83. The van der Waals surface area contributed by atoms with Crippen LogP contribution in [0.25, 0.3) is 0 Å². The molecular formula is C19H18BrF2NO3. The van der Waals surface area contributed by atoms with Gasteiger partial charge in [0.2, 0.25) is 5.91 Å². The fraction of sp³-hybridized carbons (Fsp3) is 0.263. The first-order valence-corrected chi connectivity index (χ1v) is 8.71. The lowest BCUT2D eigenvalue weighted by Crippen LogP contribution is -2.26. The van der Waals surface area contributed by atoms with Crippen molar-refractivity contribution in [1.82, 2.24) is 4.90 Å². The van der Waals surface area contributed by atoms with E-state index in [0.717, 1.165) is 10.0 Å². The Kier molecular flexibility index (Phi) is 7.26. The number of hydrogen-bond acceptors (Lipinski definition) is 3. The lowest BCUT2D eigenvalue weighted by Gasteiger charge is -2.17. The molecule has 0 atom stereocenters. The Morgan fingerprint density at radius 3 is 2.23 bits per heavy atom. The third kappa shape index (κ3) is 6.22. The van der Waals surface area contributed by atoms with Crippen LogP contribution in [0.1, 0.15) is 28.8 Å². The quantitative estimate of drug-likeness (QED) is 0.577. The van der Waals surface area contributed by atoms with Gasteiger partial charge in [-0.1, -0.05) is 40.2 Å². The highest BCUT2D eigenvalue weighted by Gasteiger charge is 2.13. The molecule has 0 aliphatic carbocycles. The predicted molar refractivity (Wildman–Crippen MR) is 97.3 cm³/mol. The lowest BCUT2D eigenvalue weighted by molar-refractivity contribution is -0.130. The van der Waals surface area contributed by atoms with Crippen LogP contribution in [-0.2, 0) is 11.3 Å². The molecule has 0 saturated heterocycles. The van der Waals surface area contributed by atoms with Crippen LogP contribution in [0.4, 0.5) is 8.78 Å². The highest BCUT2D eigenvalue weighted by Crippen LogP contribution is 2.16. The van der Waals surface area contributed by atoms with E-state index < -0.39 is 6.61 Å². The first-order valence-electron chi connectivity index (χ1n) is 7.91. The van der Waals surface area contributed by atoms with E-state index in [1.807, 2.05) is 0 Å². The smallest absolute Gasteiger partial charge is 0.387 e. The van der Waals surface area contributed by atoms with Crippen molar-refractivity contribution < 1.29 is 23.1 Å². The van der Waals surface area contributed by atoms with E-state index >= 15 is 0 Å². The summed E-state index contributed by atoms with van der Waals surface area (Å²) in [6, 6.07) is 13.1. The van der Waals surface area contributed by atoms with Crippen molar-refractivity contribution in [3.63, 3.8) is 0 Å². The number of alkyl halides is 2. The van der Waals surface area contributed by atoms with Gasteiger partial charge in [0.15, 0.2) is 5.78 Å². The van der Waals surface area contributed by atoms with Gasteiger partial charge in [-0.2, -0.15) is 8.78 Å². The van der Waals surface area contributed by atoms with Gasteiger partial charge >= 0.3 is 6.61 Å². The summed E-state index contributed by atoms with van der Waals surface area (Å²) in [6.07, 6.45) is 0.240. The predicted octanol–water partition coefficient (Wildman–Crippen LogP) is 4.67. The fourth-order valence-electron chi connectivity index (χ4n) is 2.33. The molecule has 4 nitrogen and oxygen atoms in total. The summed E-state index contributed by atoms with van der Waals surface area (Å²) < 4.78 is 29.4. The van der Waals surface area contributed by atoms with Crippen molar-refractivity contribution in [1.29, 1.82) is 0 Å². The standard InChI is InChI=1S/C19H18BrF2NO3/c1-23(12-13-2-8-16(9-3-13)26-19(21)22)18(25)11-10-17(24)14-4-6-15(20)7-5-14/h2-9,19H,10-12H2,1H3. The van der Waals surface area contributed by atoms with Gasteiger partial charge in [0, 0.05) is 36.5 Å². The van der Waals surface area contributed by atoms with Crippen molar-refractivity contribution in [2.24, 2.45) is 0 Å². The summed E-state index contributed by atoms with van der Waals surface area (Å²) in [5.41, 5.74) is 1.35. The van der Waals surface area contributed by atoms with E-state index in [-0.39, 0.29) is 30.3 Å². The maximum atomic E-state index is 12.2. The number of ether oxygens (including phenoxy) is 1. The van der Waals surface area contributed by atoms with Crippen molar-refractivity contribution in [3.8, 4) is 5.75 Å². The molecule has 0 aliphatic rings. The first-order chi connectivity index (χ1) is 12.3. The number of carbonyl (C=O) groups excluding carboxylic acids is 2. The molecule has 2 aromatic rings. The molecule has 0 bridgehead atoms. The van der Waals surface area contributed by atoms with Gasteiger partial charge in [0.1, 0.15) is 5.75 Å². The second-order valence-electron chi connectivity index (χ2n) is 5.70. The molecule has 138 valence electrons. The third-order valence-corrected chi connectivity index (χ3v) is 4.25. The highest BCUT2D eigenvalue weighted by molar-refractivity contribution is 9.10. The van der Waals surface area contributed by atoms with Crippen molar-refractivity contribution in [3.05, 3.63) is 64.1 Å². The van der Waals surface area contributed by atoms with Crippen molar-refractivity contribution in [2.45, 2.75) is 26.0 Å². The number of amides is 1. The second kappa shape index (κ2) is 9.43. The van der Waals surface area contributed by atoms with Gasteiger partial charge in [0.05, 0.1) is 0 Å². The van der Waals surface area contributed by atoms with Crippen LogP contribution < -0.4 is 4.74 Å². The average molecular weight is 426 g/mol. The summed E-state index contributed by atoms with van der Waals surface area (Å²) in [4.78, 5) is 25.8. The Bertz CT molecular complexity index is 748. The number of Topliss-reactive ketones (excluding diaryl/α,β-unsaturated/α-hetero) is 1. The monoisotopic (exact) mass is 425 g/mol. The molecule has 7 heteroatoms. The number of carbonyl (C=O) groups is 2. The number of ketones is 1. The zero-order valence-electron chi connectivity index (χ0n) is 14.1. The van der Waals surface area contributed by atoms with Gasteiger partial charge in [-0.05, 0) is 29.8 Å². The van der Waals surface area contributed by atoms with Crippen LogP contribution >= 0.6 is 15.9 Å². The molecule has 2 rings (SSSR count). The molecule has 0 aromatic heterocycles. The molecule has 0 heterocycles. The lowest BCUT2D eigenvalue weighted by atomic mass is 10.1. The molecule has 0 fully saturated rings. The molecule has 0 saturated carbocycles. The van der Waals surface area contributed by atoms with E-state index in [1.54, 1.807) is 43.4 Å². The van der Waals surface area contributed by atoms with E-state index in [9.17, 15) is 18.4 Å². The van der Waals surface area contributed by atoms with E-state index in [0.29, 0.717) is 12.1 Å². The zero-order valence-corrected chi connectivity index (χ0v) is 15.7. The van der Waals surface area contributed by atoms with Gasteiger partial charge in [0.25, 0.3) is 0 Å². The van der Waals surface area contributed by atoms with Crippen LogP contribution in [0.3, 0.4) is 0 Å². The van der Waals surface area contributed by atoms with E-state index in [4.69, 9.17) is 0 Å². The van der Waals surface area contributed by atoms with Gasteiger partial charge in [-0.15, -0.1) is 0 Å². The largest absolute Gasteiger partial charge is 0.435 e. The van der Waals surface area contributed by atoms with Crippen LogP contribution in [0.15, 0.2) is 53.0 Å².